The minimum Gasteiger partial charge on any atom is -0.497 e. The Labute approximate surface area is 150 Å². The Balaban J connectivity index is 2.10. The molecule has 0 bridgehead atoms. The van der Waals surface area contributed by atoms with Gasteiger partial charge in [-0.1, -0.05) is 24.3 Å². The number of hydrogen-bond acceptors (Lipinski definition) is 3. The Bertz CT molecular complexity index is 878. The summed E-state index contributed by atoms with van der Waals surface area (Å²) < 4.78 is 18.8. The van der Waals surface area contributed by atoms with Crippen LogP contribution in [0.25, 0.3) is 0 Å². The molecule has 1 aliphatic heterocycles. The van der Waals surface area contributed by atoms with Crippen molar-refractivity contribution >= 4 is 11.9 Å². The summed E-state index contributed by atoms with van der Waals surface area (Å²) in [6.07, 6.45) is 1.48. The molecule has 0 saturated carbocycles. The maximum absolute atomic E-state index is 13.7. The smallest absolute Gasteiger partial charge is 0.334 e. The van der Waals surface area contributed by atoms with Crippen LogP contribution in [0.1, 0.15) is 27.9 Å². The monoisotopic (exact) mass is 355 g/mol. The summed E-state index contributed by atoms with van der Waals surface area (Å²) >= 11 is 0. The van der Waals surface area contributed by atoms with Crippen molar-refractivity contribution in [3.63, 3.8) is 0 Å². The highest BCUT2D eigenvalue weighted by atomic mass is 19.1. The quantitative estimate of drug-likeness (QED) is 0.807. The van der Waals surface area contributed by atoms with Crippen LogP contribution in [-0.2, 0) is 16.9 Å². The Hall–Kier alpha value is -3.15. The minimum atomic E-state index is -1.61. The zero-order chi connectivity index (χ0) is 18.9. The van der Waals surface area contributed by atoms with Crippen molar-refractivity contribution in [3.05, 3.63) is 77.6 Å². The molecule has 0 aliphatic carbocycles. The van der Waals surface area contributed by atoms with Gasteiger partial charge < -0.3 is 14.7 Å². The number of rotatable bonds is 6. The number of carboxylic acids is 1. The molecule has 26 heavy (non-hydrogen) atoms. The highest BCUT2D eigenvalue weighted by Crippen LogP contribution is 2.43. The zero-order valence-electron chi connectivity index (χ0n) is 14.2. The van der Waals surface area contributed by atoms with Gasteiger partial charge in [0.05, 0.1) is 7.11 Å². The van der Waals surface area contributed by atoms with Crippen molar-refractivity contribution in [1.82, 2.24) is 4.90 Å². The summed E-state index contributed by atoms with van der Waals surface area (Å²) in [7, 11) is 1.55. The topological polar surface area (TPSA) is 66.8 Å². The van der Waals surface area contributed by atoms with Gasteiger partial charge in [-0.2, -0.15) is 0 Å². The molecule has 1 atom stereocenters. The molecule has 2 aromatic rings. The van der Waals surface area contributed by atoms with Crippen molar-refractivity contribution in [2.24, 2.45) is 0 Å². The molecule has 2 aromatic carbocycles. The molecule has 1 amide bonds. The van der Waals surface area contributed by atoms with Crippen molar-refractivity contribution in [1.29, 1.82) is 0 Å². The van der Waals surface area contributed by atoms with Crippen molar-refractivity contribution in [2.45, 2.75) is 18.5 Å². The average Bonchev–Trinajstić information content (AvgIpc) is 2.86. The lowest BCUT2D eigenvalue weighted by Gasteiger charge is -2.35. The summed E-state index contributed by atoms with van der Waals surface area (Å²) in [6.45, 7) is 3.71. The van der Waals surface area contributed by atoms with E-state index in [0.29, 0.717) is 5.75 Å². The molecular weight excluding hydrogens is 337 g/mol. The molecule has 0 aromatic heterocycles. The van der Waals surface area contributed by atoms with E-state index in [2.05, 4.69) is 6.58 Å². The van der Waals surface area contributed by atoms with E-state index in [-0.39, 0.29) is 24.1 Å². The number of hydrogen-bond donors (Lipinski definition) is 1. The van der Waals surface area contributed by atoms with Gasteiger partial charge in [0.15, 0.2) is 5.54 Å². The fourth-order valence-electron chi connectivity index (χ4n) is 3.39. The van der Waals surface area contributed by atoms with Crippen LogP contribution >= 0.6 is 0 Å². The summed E-state index contributed by atoms with van der Waals surface area (Å²) in [5, 5.41) is 10.0. The van der Waals surface area contributed by atoms with Crippen molar-refractivity contribution in [3.8, 4) is 5.75 Å². The Morgan fingerprint density at radius 3 is 2.58 bits per heavy atom. The van der Waals surface area contributed by atoms with Gasteiger partial charge in [-0.25, -0.2) is 9.18 Å². The number of nitrogens with zero attached hydrogens (tertiary/aromatic N) is 1. The Morgan fingerprint density at radius 1 is 1.31 bits per heavy atom. The third-order valence-corrected chi connectivity index (χ3v) is 4.66. The van der Waals surface area contributed by atoms with Gasteiger partial charge in [-0.15, -0.1) is 6.58 Å². The van der Waals surface area contributed by atoms with E-state index in [1.165, 1.54) is 23.1 Å². The number of ether oxygens (including phenoxy) is 1. The van der Waals surface area contributed by atoms with Gasteiger partial charge in [0.1, 0.15) is 11.6 Å². The van der Waals surface area contributed by atoms with Gasteiger partial charge in [0, 0.05) is 24.1 Å². The number of carbonyl (C=O) groups is 2. The van der Waals surface area contributed by atoms with Gasteiger partial charge in [0.2, 0.25) is 0 Å². The van der Waals surface area contributed by atoms with Gasteiger partial charge >= 0.3 is 5.97 Å². The van der Waals surface area contributed by atoms with Crippen molar-refractivity contribution < 1.29 is 23.8 Å². The van der Waals surface area contributed by atoms with Crippen molar-refractivity contribution in [2.75, 3.05) is 7.11 Å². The number of halogens is 1. The lowest BCUT2D eigenvalue weighted by molar-refractivity contribution is -0.150. The first kappa shape index (κ1) is 17.7. The second kappa shape index (κ2) is 6.63. The molecule has 134 valence electrons. The third kappa shape index (κ3) is 2.63. The minimum absolute atomic E-state index is 0.0167. The number of fused-ring (bicyclic) bond motifs is 1. The standard InChI is InChI=1S/C20H18FNO4/c1-3-10-20(19(24)25)17-9-6-14(21)11-16(17)18(23)22(20)12-13-4-7-15(26-2)8-5-13/h3-9,11H,1,10,12H2,2H3,(H,24,25)/t20-/m0/s1. The molecule has 0 saturated heterocycles. The average molecular weight is 355 g/mol. The highest BCUT2D eigenvalue weighted by molar-refractivity contribution is 6.05. The molecule has 1 N–H and O–H groups in total. The maximum atomic E-state index is 13.7. The maximum Gasteiger partial charge on any atom is 0.334 e. The Morgan fingerprint density at radius 2 is 2.00 bits per heavy atom. The molecule has 0 radical (unpaired) electrons. The van der Waals surface area contributed by atoms with Crippen LogP contribution in [0.15, 0.2) is 55.1 Å². The fourth-order valence-corrected chi connectivity index (χ4v) is 3.39. The van der Waals surface area contributed by atoms with E-state index >= 15 is 0 Å². The van der Waals surface area contributed by atoms with Crippen LogP contribution in [0.3, 0.4) is 0 Å². The number of methoxy groups -OCH3 is 1. The normalized spacial score (nSPS) is 18.5. The fraction of sp³-hybridized carbons (Fsp3) is 0.200. The number of benzene rings is 2. The SMILES string of the molecule is C=CC[C@@]1(C(=O)O)c2ccc(F)cc2C(=O)N1Cc1ccc(OC)cc1. The van der Waals surface area contributed by atoms with E-state index in [4.69, 9.17) is 4.74 Å². The molecule has 0 fully saturated rings. The van der Waals surface area contributed by atoms with Gasteiger partial charge in [0.25, 0.3) is 5.91 Å². The second-order valence-corrected chi connectivity index (χ2v) is 6.09. The molecule has 1 heterocycles. The lowest BCUT2D eigenvalue weighted by atomic mass is 9.86. The molecule has 0 spiro atoms. The van der Waals surface area contributed by atoms with Crippen LogP contribution < -0.4 is 4.74 Å². The van der Waals surface area contributed by atoms with E-state index in [9.17, 15) is 19.1 Å². The van der Waals surface area contributed by atoms with Crippen LogP contribution in [0, 0.1) is 5.82 Å². The second-order valence-electron chi connectivity index (χ2n) is 6.09. The number of amides is 1. The molecule has 1 aliphatic rings. The molecule has 6 heteroatoms. The summed E-state index contributed by atoms with van der Waals surface area (Å²) in [5.74, 6) is -1.62. The van der Waals surface area contributed by atoms with E-state index in [0.717, 1.165) is 11.6 Å². The molecular formula is C20H18FNO4. The predicted octanol–water partition coefficient (Wildman–Crippen LogP) is 3.35. The Kier molecular flexibility index (Phi) is 4.50. The van der Waals surface area contributed by atoms with Gasteiger partial charge in [-0.05, 0) is 29.8 Å². The first-order valence-electron chi connectivity index (χ1n) is 8.03. The van der Waals surface area contributed by atoms with Gasteiger partial charge in [-0.3, -0.25) is 4.79 Å². The molecule has 5 nitrogen and oxygen atoms in total. The van der Waals surface area contributed by atoms with Crippen LogP contribution in [0.4, 0.5) is 4.39 Å². The first-order chi connectivity index (χ1) is 12.4. The molecule has 3 rings (SSSR count). The summed E-state index contributed by atoms with van der Waals surface area (Å²) in [4.78, 5) is 26.4. The zero-order valence-corrected chi connectivity index (χ0v) is 14.2. The highest BCUT2D eigenvalue weighted by Gasteiger charge is 2.54. The number of aliphatic carboxylic acids is 1. The predicted molar refractivity (Wildman–Crippen MR) is 93.4 cm³/mol. The van der Waals surface area contributed by atoms with Crippen LogP contribution in [0.5, 0.6) is 5.75 Å². The number of carbonyl (C=O) groups excluding carboxylic acids is 1. The van der Waals surface area contributed by atoms with E-state index in [1.54, 1.807) is 31.4 Å². The van der Waals surface area contributed by atoms with Crippen LogP contribution in [0.2, 0.25) is 0 Å². The molecule has 0 unspecified atom stereocenters. The summed E-state index contributed by atoms with van der Waals surface area (Å²) in [6, 6.07) is 10.6. The van der Waals surface area contributed by atoms with Crippen LogP contribution in [-0.4, -0.2) is 29.0 Å². The third-order valence-electron chi connectivity index (χ3n) is 4.66. The lowest BCUT2D eigenvalue weighted by Crippen LogP contribution is -2.49. The number of carboxylic acid groups (broad SMARTS) is 1. The largest absolute Gasteiger partial charge is 0.497 e. The van der Waals surface area contributed by atoms with E-state index < -0.39 is 23.2 Å². The summed E-state index contributed by atoms with van der Waals surface area (Å²) in [5.41, 5.74) is -0.517. The van der Waals surface area contributed by atoms with E-state index in [1.807, 2.05) is 0 Å². The first-order valence-corrected chi connectivity index (χ1v) is 8.03.